The summed E-state index contributed by atoms with van der Waals surface area (Å²) >= 11 is 0. The molecule has 1 heterocycles. The summed E-state index contributed by atoms with van der Waals surface area (Å²) in [6, 6.07) is 18.8. The van der Waals surface area contributed by atoms with Crippen molar-refractivity contribution in [1.82, 2.24) is 0 Å². The van der Waals surface area contributed by atoms with Gasteiger partial charge in [0, 0.05) is 28.3 Å². The van der Waals surface area contributed by atoms with Crippen molar-refractivity contribution < 1.29 is 24.4 Å². The van der Waals surface area contributed by atoms with Crippen molar-refractivity contribution in [2.75, 3.05) is 0 Å². The Labute approximate surface area is 248 Å². The van der Waals surface area contributed by atoms with Gasteiger partial charge >= 0.3 is 7.12 Å². The Kier molecular flexibility index (Phi) is 7.95. The lowest BCUT2D eigenvalue weighted by molar-refractivity contribution is 0.0593. The summed E-state index contributed by atoms with van der Waals surface area (Å²) < 4.78 is 6.25. The van der Waals surface area contributed by atoms with Crippen LogP contribution in [0.2, 0.25) is 6.32 Å². The molecule has 3 aromatic carbocycles. The van der Waals surface area contributed by atoms with Gasteiger partial charge in [-0.1, -0.05) is 99.0 Å². The fraction of sp³-hybridized carbons (Fsp3) is 0.389. The number of carbonyl (C=O) groups is 2. The van der Waals surface area contributed by atoms with Crippen molar-refractivity contribution in [1.29, 1.82) is 0 Å². The Morgan fingerprint density at radius 3 is 2.36 bits per heavy atom. The maximum atomic E-state index is 13.9. The van der Waals surface area contributed by atoms with E-state index in [0.29, 0.717) is 30.3 Å². The van der Waals surface area contributed by atoms with Crippen LogP contribution in [0.5, 0.6) is 5.75 Å². The van der Waals surface area contributed by atoms with Crippen LogP contribution >= 0.6 is 0 Å². The second-order valence-corrected chi connectivity index (χ2v) is 12.5. The Hall–Kier alpha value is -3.48. The second-order valence-electron chi connectivity index (χ2n) is 12.5. The van der Waals surface area contributed by atoms with Crippen LogP contribution in [0.3, 0.4) is 0 Å². The fourth-order valence-corrected chi connectivity index (χ4v) is 7.71. The van der Waals surface area contributed by atoms with E-state index in [0.717, 1.165) is 41.2 Å². The average Bonchev–Trinajstić information content (AvgIpc) is 2.99. The highest BCUT2D eigenvalue weighted by atomic mass is 16.5. The van der Waals surface area contributed by atoms with Gasteiger partial charge in [-0.2, -0.15) is 0 Å². The van der Waals surface area contributed by atoms with Gasteiger partial charge in [0.15, 0.2) is 11.6 Å². The molecule has 2 N–H and O–H groups in total. The highest BCUT2D eigenvalue weighted by Crippen LogP contribution is 2.52. The number of hydrogen-bond donors (Lipinski definition) is 2. The minimum absolute atomic E-state index is 0.0270. The number of ketones is 2. The Balaban J connectivity index is 1.34. The third-order valence-electron chi connectivity index (χ3n) is 9.59. The molecule has 6 rings (SSSR count). The lowest BCUT2D eigenvalue weighted by Crippen LogP contribution is -2.51. The van der Waals surface area contributed by atoms with Crippen molar-refractivity contribution in [2.24, 2.45) is 23.7 Å². The molecule has 1 saturated heterocycles. The van der Waals surface area contributed by atoms with Crippen molar-refractivity contribution in [2.45, 2.75) is 65.3 Å². The molecule has 2 aliphatic carbocycles. The number of rotatable bonds is 7. The Morgan fingerprint density at radius 2 is 1.64 bits per heavy atom. The molecule has 0 aromatic heterocycles. The van der Waals surface area contributed by atoms with Gasteiger partial charge in [-0.15, -0.1) is 0 Å². The van der Waals surface area contributed by atoms with E-state index < -0.39 is 13.0 Å². The zero-order valence-corrected chi connectivity index (χ0v) is 24.7. The summed E-state index contributed by atoms with van der Waals surface area (Å²) in [6.45, 7) is 6.48. The molecule has 0 amide bonds. The predicted molar refractivity (Wildman–Crippen MR) is 167 cm³/mol. The Bertz CT molecular complexity index is 1600. The standard InChI is InChI=1S/C36H39BO5/c1-4-9-22(18-23-15-16-31(38)25-11-6-5-10-24(23)25)14-17-32-33-28(21(2)3)19-29-34(30(33)20-37(41)42-32)36(40)27-13-8-7-12-26(27)35(29)39/h5-8,10-13,15-16,18,21,29-30,32,34,38,41H,4,9,14,17,19-20H2,1-3H3/b22-18+/t29-,30+,32-,34-/m1/s1. The van der Waals surface area contributed by atoms with Gasteiger partial charge in [0.2, 0.25) is 0 Å². The predicted octanol–water partition coefficient (Wildman–Crippen LogP) is 7.67. The normalized spacial score (nSPS) is 24.2. The van der Waals surface area contributed by atoms with E-state index in [2.05, 4.69) is 26.8 Å². The molecule has 3 aromatic rings. The molecular weight excluding hydrogens is 523 g/mol. The summed E-state index contributed by atoms with van der Waals surface area (Å²) in [4.78, 5) is 27.6. The van der Waals surface area contributed by atoms with Gasteiger partial charge in [-0.25, -0.2) is 0 Å². The summed E-state index contributed by atoms with van der Waals surface area (Å²) in [5, 5.41) is 23.2. The number of phenolic OH excluding ortho intramolecular Hbond substituents is 1. The highest BCUT2D eigenvalue weighted by Gasteiger charge is 2.53. The van der Waals surface area contributed by atoms with E-state index >= 15 is 0 Å². The fourth-order valence-electron chi connectivity index (χ4n) is 7.71. The molecule has 0 saturated carbocycles. The van der Waals surface area contributed by atoms with Gasteiger partial charge in [0.25, 0.3) is 0 Å². The van der Waals surface area contributed by atoms with Crippen LogP contribution in [0.15, 0.2) is 77.4 Å². The van der Waals surface area contributed by atoms with E-state index in [1.807, 2.05) is 42.5 Å². The van der Waals surface area contributed by atoms with Gasteiger partial charge in [-0.3, -0.25) is 9.59 Å². The first-order chi connectivity index (χ1) is 20.3. The molecule has 0 spiro atoms. The molecule has 6 heteroatoms. The second kappa shape index (κ2) is 11.7. The maximum Gasteiger partial charge on any atom is 0.455 e. The summed E-state index contributed by atoms with van der Waals surface area (Å²) in [7, 11) is -0.976. The van der Waals surface area contributed by atoms with Gasteiger partial charge in [-0.05, 0) is 66.4 Å². The molecule has 42 heavy (non-hydrogen) atoms. The van der Waals surface area contributed by atoms with E-state index in [9.17, 15) is 19.7 Å². The van der Waals surface area contributed by atoms with Crippen molar-refractivity contribution >= 4 is 35.5 Å². The maximum absolute atomic E-state index is 13.9. The number of allylic oxidation sites excluding steroid dienone is 2. The largest absolute Gasteiger partial charge is 0.507 e. The lowest BCUT2D eigenvalue weighted by atomic mass is 9.53. The van der Waals surface area contributed by atoms with Crippen molar-refractivity contribution in [3.8, 4) is 5.75 Å². The molecule has 3 aliphatic rings. The molecule has 0 bridgehead atoms. The summed E-state index contributed by atoms with van der Waals surface area (Å²) in [5.74, 6) is -0.489. The van der Waals surface area contributed by atoms with E-state index in [1.165, 1.54) is 11.1 Å². The topological polar surface area (TPSA) is 83.8 Å². The zero-order valence-electron chi connectivity index (χ0n) is 24.7. The monoisotopic (exact) mass is 562 g/mol. The van der Waals surface area contributed by atoms with E-state index in [-0.39, 0.29) is 41.2 Å². The first kappa shape index (κ1) is 28.6. The van der Waals surface area contributed by atoms with E-state index in [1.54, 1.807) is 18.2 Å². The average molecular weight is 563 g/mol. The first-order valence-corrected chi connectivity index (χ1v) is 15.4. The number of benzene rings is 3. The number of fused-ring (bicyclic) bond motifs is 5. The van der Waals surface area contributed by atoms with Gasteiger partial charge < -0.3 is 14.8 Å². The number of aromatic hydroxyl groups is 1. The van der Waals surface area contributed by atoms with E-state index in [4.69, 9.17) is 4.65 Å². The molecule has 216 valence electrons. The van der Waals surface area contributed by atoms with Crippen LogP contribution in [0.1, 0.15) is 79.2 Å². The van der Waals surface area contributed by atoms with Gasteiger partial charge in [0.1, 0.15) is 5.75 Å². The SMILES string of the molecule is CCC/C(=C\c1ccc(O)c2ccccc12)CC[C@H]1OB(O)C[C@H]2C1=C(C(C)C)C[C@H]1C(=O)c3ccccc3C(=O)[C@H]12. The molecule has 5 nitrogen and oxygen atoms in total. The number of hydrogen-bond acceptors (Lipinski definition) is 5. The lowest BCUT2D eigenvalue weighted by Gasteiger charge is -2.48. The number of phenols is 1. The molecule has 1 aliphatic heterocycles. The first-order valence-electron chi connectivity index (χ1n) is 15.4. The molecule has 1 fully saturated rings. The Morgan fingerprint density at radius 1 is 0.952 bits per heavy atom. The summed E-state index contributed by atoms with van der Waals surface area (Å²) in [5.41, 5.74) is 5.76. The van der Waals surface area contributed by atoms with Crippen LogP contribution < -0.4 is 0 Å². The quantitative estimate of drug-likeness (QED) is 0.228. The molecule has 0 radical (unpaired) electrons. The smallest absolute Gasteiger partial charge is 0.455 e. The van der Waals surface area contributed by atoms with Crippen LogP contribution in [0.25, 0.3) is 16.8 Å². The van der Waals surface area contributed by atoms with Crippen molar-refractivity contribution in [3.05, 3.63) is 94.1 Å². The van der Waals surface area contributed by atoms with Crippen LogP contribution in [0, 0.1) is 23.7 Å². The van der Waals surface area contributed by atoms with Gasteiger partial charge in [0.05, 0.1) is 6.10 Å². The minimum Gasteiger partial charge on any atom is -0.507 e. The number of Topliss-reactive ketones (excluding diaryl/α,β-unsaturated/α-hetero) is 2. The molecule has 4 atom stereocenters. The third kappa shape index (κ3) is 5.05. The molecular formula is C36H39BO5. The van der Waals surface area contributed by atoms with Crippen LogP contribution in [0.4, 0.5) is 0 Å². The molecule has 0 unspecified atom stereocenters. The zero-order chi connectivity index (χ0) is 29.5. The highest BCUT2D eigenvalue weighted by molar-refractivity contribution is 6.43. The van der Waals surface area contributed by atoms with Crippen molar-refractivity contribution in [3.63, 3.8) is 0 Å². The summed E-state index contributed by atoms with van der Waals surface area (Å²) in [6.07, 6.45) is 6.23. The van der Waals surface area contributed by atoms with Crippen LogP contribution in [-0.4, -0.2) is 34.9 Å². The third-order valence-corrected chi connectivity index (χ3v) is 9.59. The number of carbonyl (C=O) groups excluding carboxylic acids is 2. The minimum atomic E-state index is -0.976. The van der Waals surface area contributed by atoms with Crippen LogP contribution in [-0.2, 0) is 4.65 Å².